The quantitative estimate of drug-likeness (QED) is 0.0506. The van der Waals surface area contributed by atoms with Gasteiger partial charge in [0.05, 0.1) is 99.6 Å². The lowest BCUT2D eigenvalue weighted by Crippen LogP contribution is -2.66. The summed E-state index contributed by atoms with van der Waals surface area (Å²) in [5.74, 6) is -3.51. The van der Waals surface area contributed by atoms with Crippen molar-refractivity contribution in [3.63, 3.8) is 0 Å². The minimum atomic E-state index is -1.92. The number of aldehydes is 1. The summed E-state index contributed by atoms with van der Waals surface area (Å²) in [5.41, 5.74) is 0.158. The fraction of sp³-hybridized carbons (Fsp3) is 0.912. The lowest BCUT2D eigenvalue weighted by molar-refractivity contribution is -0.253. The van der Waals surface area contributed by atoms with Gasteiger partial charge in [-0.25, -0.2) is 0 Å². The summed E-state index contributed by atoms with van der Waals surface area (Å²) in [7, 11) is 0. The number of aliphatic hydroxyl groups is 16. The van der Waals surface area contributed by atoms with E-state index in [2.05, 4.69) is 5.32 Å². The molecule has 23 heteroatoms. The highest BCUT2D eigenvalue weighted by atomic mass is 32.1. The van der Waals surface area contributed by atoms with Gasteiger partial charge in [-0.1, -0.05) is 6.08 Å². The second-order valence-electron chi connectivity index (χ2n) is 15.2. The molecule has 1 aliphatic carbocycles. The van der Waals surface area contributed by atoms with Crippen molar-refractivity contribution in [1.82, 2.24) is 5.32 Å². The van der Waals surface area contributed by atoms with E-state index in [1.54, 1.807) is 0 Å². The van der Waals surface area contributed by atoms with E-state index in [0.29, 0.717) is 0 Å². The summed E-state index contributed by atoms with van der Waals surface area (Å²) in [6, 6.07) is -2.28. The molecule has 4 rings (SSSR count). The molecule has 3 fully saturated rings. The smallest absolute Gasteiger partial charge is 0.151 e. The second kappa shape index (κ2) is 23.0. The molecule has 0 amide bonds. The van der Waals surface area contributed by atoms with Crippen LogP contribution in [0.3, 0.4) is 0 Å². The Labute approximate surface area is 342 Å². The van der Waals surface area contributed by atoms with Crippen molar-refractivity contribution < 1.29 is 101 Å². The average molecular weight is 870 g/mol. The molecule has 0 spiro atoms. The van der Waals surface area contributed by atoms with Crippen LogP contribution in [0, 0.1) is 17.8 Å². The van der Waals surface area contributed by atoms with Crippen LogP contribution < -0.4 is 5.32 Å². The van der Waals surface area contributed by atoms with Crippen molar-refractivity contribution in [1.29, 1.82) is 0 Å². The van der Waals surface area contributed by atoms with E-state index in [-0.39, 0.29) is 51.7 Å². The first-order valence-corrected chi connectivity index (χ1v) is 18.4. The first-order valence-electron chi connectivity index (χ1n) is 18.4. The largest absolute Gasteiger partial charge is 0.394 e. The molecule has 336 valence electrons. The van der Waals surface area contributed by atoms with Crippen LogP contribution in [-0.2, 0) is 19.0 Å². The zero-order chi connectivity index (χ0) is 41.0. The van der Waals surface area contributed by atoms with Gasteiger partial charge in [-0.3, -0.25) is 0 Å². The number of ether oxygens (including phenoxy) is 3. The van der Waals surface area contributed by atoms with Gasteiger partial charge >= 0.3 is 0 Å². The van der Waals surface area contributed by atoms with Crippen molar-refractivity contribution in [2.75, 3.05) is 26.4 Å². The van der Waals surface area contributed by atoms with Gasteiger partial charge in [0.25, 0.3) is 0 Å². The predicted octanol–water partition coefficient (Wildman–Crippen LogP) is -8.68. The highest BCUT2D eigenvalue weighted by molar-refractivity contribution is 7.59. The molecule has 17 N–H and O–H groups in total. The van der Waals surface area contributed by atoms with E-state index < -0.39 is 173 Å². The molecule has 0 saturated carbocycles. The van der Waals surface area contributed by atoms with Crippen LogP contribution >= 0.6 is 27.0 Å². The molecule has 0 bridgehead atoms. The maximum absolute atomic E-state index is 11.3. The number of carbonyl (C=O) groups is 1. The Kier molecular flexibility index (Phi) is 21.1. The first kappa shape index (κ1) is 52.4. The maximum Gasteiger partial charge on any atom is 0.151 e. The van der Waals surface area contributed by atoms with E-state index in [4.69, 9.17) is 14.2 Å². The van der Waals surface area contributed by atoms with Gasteiger partial charge in [0.15, 0.2) is 6.29 Å². The molecule has 21 nitrogen and oxygen atoms in total. The third kappa shape index (κ3) is 11.4. The molecular formula is C34H63NO20S2. The van der Waals surface area contributed by atoms with Gasteiger partial charge < -0.3 is 106 Å². The average Bonchev–Trinajstić information content (AvgIpc) is 3.18. The molecule has 3 aliphatic heterocycles. The lowest BCUT2D eigenvalue weighted by Gasteiger charge is -2.48. The number of nitrogens with one attached hydrogen (secondary N) is 1. The molecule has 57 heavy (non-hydrogen) atoms. The van der Waals surface area contributed by atoms with Crippen LogP contribution in [0.4, 0.5) is 0 Å². The van der Waals surface area contributed by atoms with Gasteiger partial charge in [-0.2, -0.15) is 27.0 Å². The molecule has 4 aliphatic rings. The van der Waals surface area contributed by atoms with Crippen LogP contribution in [0.2, 0.25) is 0 Å². The number of hydrogen-bond acceptors (Lipinski definition) is 21. The van der Waals surface area contributed by atoms with E-state index in [1.807, 2.05) is 0 Å². The Morgan fingerprint density at radius 2 is 1.21 bits per heavy atom. The normalized spacial score (nSPS) is 44.7. The SMILES string of the molecule is C[C@H]1O[C@H](C[C@@H]([C@H](O)[C@@H](O)C=O)[C@H](O)CO)[C@H](O)[C@@H](O)[C@@H]1NC1C=C(CO)C(C[C@H]2O[C@H](CO)[C@@H](C[C@H]3O[C@H](CO)[C@@H](O)[C@H](O)[C@H]3O)[C@H](O)[C@H]2O)[C@H](O)[C@H]1O.S.S. The third-order valence-corrected chi connectivity index (χ3v) is 11.8. The Balaban J connectivity index is 0.00000561. The Morgan fingerprint density at radius 1 is 0.667 bits per heavy atom. The van der Waals surface area contributed by atoms with Gasteiger partial charge in [0.2, 0.25) is 0 Å². The van der Waals surface area contributed by atoms with Gasteiger partial charge in [0, 0.05) is 17.8 Å². The first-order chi connectivity index (χ1) is 25.9. The van der Waals surface area contributed by atoms with Crippen molar-refractivity contribution in [3.05, 3.63) is 11.6 Å². The zero-order valence-electron chi connectivity index (χ0n) is 31.2. The van der Waals surface area contributed by atoms with Crippen LogP contribution in [0.5, 0.6) is 0 Å². The fourth-order valence-electron chi connectivity index (χ4n) is 8.45. The summed E-state index contributed by atoms with van der Waals surface area (Å²) in [5, 5.41) is 170. The number of aliphatic hydroxyl groups excluding tert-OH is 16. The molecule has 23 atom stereocenters. The Bertz CT molecular complexity index is 1240. The third-order valence-electron chi connectivity index (χ3n) is 11.8. The van der Waals surface area contributed by atoms with Crippen molar-refractivity contribution in [3.8, 4) is 0 Å². The van der Waals surface area contributed by atoms with Crippen LogP contribution in [-0.4, -0.2) is 236 Å². The highest BCUT2D eigenvalue weighted by Crippen LogP contribution is 2.39. The number of carbonyl (C=O) groups excluding carboxylic acids is 1. The molecule has 0 aromatic carbocycles. The van der Waals surface area contributed by atoms with Crippen molar-refractivity contribution in [2.45, 2.75) is 148 Å². The Hall–Kier alpha value is -0.690. The van der Waals surface area contributed by atoms with Crippen molar-refractivity contribution >= 4 is 33.3 Å². The Morgan fingerprint density at radius 3 is 1.77 bits per heavy atom. The summed E-state index contributed by atoms with van der Waals surface area (Å²) in [4.78, 5) is 11.0. The topological polar surface area (TPSA) is 380 Å². The molecule has 0 aromatic heterocycles. The van der Waals surface area contributed by atoms with Crippen molar-refractivity contribution in [2.24, 2.45) is 17.8 Å². The minimum absolute atomic E-state index is 0. The summed E-state index contributed by atoms with van der Waals surface area (Å²) < 4.78 is 17.3. The van der Waals surface area contributed by atoms with Gasteiger partial charge in [-0.05, 0) is 31.8 Å². The molecule has 3 saturated heterocycles. The molecule has 2 unspecified atom stereocenters. The fourth-order valence-corrected chi connectivity index (χ4v) is 8.45. The minimum Gasteiger partial charge on any atom is -0.394 e. The van der Waals surface area contributed by atoms with E-state index in [9.17, 15) is 86.5 Å². The number of rotatable bonds is 16. The summed E-state index contributed by atoms with van der Waals surface area (Å²) >= 11 is 0. The maximum atomic E-state index is 11.3. The highest BCUT2D eigenvalue weighted by Gasteiger charge is 2.52. The van der Waals surface area contributed by atoms with Crippen LogP contribution in [0.1, 0.15) is 26.2 Å². The van der Waals surface area contributed by atoms with Crippen LogP contribution in [0.25, 0.3) is 0 Å². The van der Waals surface area contributed by atoms with Gasteiger partial charge in [-0.15, -0.1) is 0 Å². The number of hydrogen-bond donors (Lipinski definition) is 17. The summed E-state index contributed by atoms with van der Waals surface area (Å²) in [6.45, 7) is -1.40. The molecule has 0 aromatic rings. The second-order valence-corrected chi connectivity index (χ2v) is 15.2. The summed E-state index contributed by atoms with van der Waals surface area (Å²) in [6.07, 6.45) is -26.9. The van der Waals surface area contributed by atoms with E-state index in [0.717, 1.165) is 0 Å². The van der Waals surface area contributed by atoms with E-state index in [1.165, 1.54) is 13.0 Å². The zero-order valence-corrected chi connectivity index (χ0v) is 33.2. The van der Waals surface area contributed by atoms with E-state index >= 15 is 0 Å². The monoisotopic (exact) mass is 869 g/mol. The van der Waals surface area contributed by atoms with Crippen LogP contribution in [0.15, 0.2) is 11.6 Å². The standard InChI is InChI=1S/C34H59NO20.2H2S/c1-11-24(33(51)30(48)19(53-11)4-14(17(41)7-37)25(43)18(42)8-38)35-16-2-12(6-36)13(26(44)28(16)46)3-20-29(47)27(45)15(22(9-39)54-20)5-21-31(49)34(52)32(50)23(10-40)55-21;;/h2,8,11,13-37,39-52H,3-7,9-10H2,1H3;2*1H2/t11-,13?,14-,15-,16?,17-,18+,19-,20-,21-,22-,23-,24-,25+,26+,27+,28+,29+,30+,31+,32-,33+,34-;;/m1../s1. The predicted molar refractivity (Wildman–Crippen MR) is 202 cm³/mol. The molecular weight excluding hydrogens is 806 g/mol. The molecule has 3 heterocycles. The lowest BCUT2D eigenvalue weighted by atomic mass is 9.74. The molecule has 0 radical (unpaired) electrons. The van der Waals surface area contributed by atoms with Gasteiger partial charge in [0.1, 0.15) is 48.8 Å².